The van der Waals surface area contributed by atoms with Crippen molar-refractivity contribution >= 4 is 35.1 Å². The highest BCUT2D eigenvalue weighted by Gasteiger charge is 2.19. The Bertz CT molecular complexity index is 943. The number of hydrogen-bond donors (Lipinski definition) is 2. The largest absolute Gasteiger partial charge is 0.466 e. The van der Waals surface area contributed by atoms with Gasteiger partial charge in [-0.1, -0.05) is 61.2 Å². The van der Waals surface area contributed by atoms with E-state index in [-0.39, 0.29) is 30.7 Å². The van der Waals surface area contributed by atoms with Crippen LogP contribution in [-0.4, -0.2) is 30.4 Å². The van der Waals surface area contributed by atoms with E-state index in [2.05, 4.69) is 10.6 Å². The number of amides is 2. The molecule has 0 atom stereocenters. The number of carbonyl (C=O) groups is 3. The van der Waals surface area contributed by atoms with Crippen LogP contribution in [0.15, 0.2) is 48.5 Å². The van der Waals surface area contributed by atoms with Gasteiger partial charge in [-0.15, -0.1) is 0 Å². The van der Waals surface area contributed by atoms with Crippen molar-refractivity contribution in [1.29, 1.82) is 0 Å². The zero-order chi connectivity index (χ0) is 23.5. The van der Waals surface area contributed by atoms with Gasteiger partial charge in [-0.25, -0.2) is 0 Å². The lowest BCUT2D eigenvalue weighted by molar-refractivity contribution is -0.144. The van der Waals surface area contributed by atoms with Crippen molar-refractivity contribution in [1.82, 2.24) is 5.32 Å². The standard InChI is InChI=1S/C26H31ClN2O4/c27-23-14-13-21(18-22(23)26(32)29-20-11-5-2-6-12-20)28-24(30)15-16-25(31)33-17-7-10-19-8-3-1-4-9-19/h1,3-4,8-9,13-14,18,20H,2,5-7,10-12,15-17H2,(H,28,30)(H,29,32). The molecule has 7 heteroatoms. The van der Waals surface area contributed by atoms with Crippen LogP contribution in [0.3, 0.4) is 0 Å². The van der Waals surface area contributed by atoms with Gasteiger partial charge in [0, 0.05) is 18.2 Å². The third kappa shape index (κ3) is 8.54. The fourth-order valence-corrected chi connectivity index (χ4v) is 4.11. The Balaban J connectivity index is 1.39. The van der Waals surface area contributed by atoms with E-state index in [1.807, 2.05) is 30.3 Å². The SMILES string of the molecule is O=C(CCC(=O)OCCCc1ccccc1)Nc1ccc(Cl)c(C(=O)NC2CCCCC2)c1. The van der Waals surface area contributed by atoms with Crippen LogP contribution in [0.4, 0.5) is 5.69 Å². The number of carbonyl (C=O) groups excluding carboxylic acids is 3. The predicted molar refractivity (Wildman–Crippen MR) is 129 cm³/mol. The first-order valence-corrected chi connectivity index (χ1v) is 12.0. The Morgan fingerprint density at radius 3 is 2.48 bits per heavy atom. The van der Waals surface area contributed by atoms with Gasteiger partial charge in [-0.05, 0) is 49.4 Å². The van der Waals surface area contributed by atoms with Crippen LogP contribution < -0.4 is 10.6 Å². The number of halogens is 1. The maximum atomic E-state index is 12.6. The zero-order valence-electron chi connectivity index (χ0n) is 18.8. The van der Waals surface area contributed by atoms with Gasteiger partial charge in [0.15, 0.2) is 0 Å². The van der Waals surface area contributed by atoms with Crippen molar-refractivity contribution in [3.05, 3.63) is 64.7 Å². The molecule has 1 aliphatic rings. The van der Waals surface area contributed by atoms with Crippen LogP contribution in [0.1, 0.15) is 67.3 Å². The Labute approximate surface area is 200 Å². The highest BCUT2D eigenvalue weighted by atomic mass is 35.5. The van der Waals surface area contributed by atoms with Gasteiger partial charge in [0.2, 0.25) is 5.91 Å². The molecule has 0 aliphatic heterocycles. The third-order valence-electron chi connectivity index (χ3n) is 5.71. The maximum absolute atomic E-state index is 12.6. The van der Waals surface area contributed by atoms with Crippen molar-refractivity contribution in [2.75, 3.05) is 11.9 Å². The number of nitrogens with one attached hydrogen (secondary N) is 2. The molecule has 0 saturated heterocycles. The van der Waals surface area contributed by atoms with Crippen LogP contribution in [0.2, 0.25) is 5.02 Å². The molecule has 2 aromatic rings. The average molecular weight is 471 g/mol. The smallest absolute Gasteiger partial charge is 0.306 e. The second-order valence-corrected chi connectivity index (χ2v) is 8.77. The van der Waals surface area contributed by atoms with Gasteiger partial charge in [0.05, 0.1) is 23.6 Å². The van der Waals surface area contributed by atoms with Gasteiger partial charge < -0.3 is 15.4 Å². The highest BCUT2D eigenvalue weighted by molar-refractivity contribution is 6.34. The minimum absolute atomic E-state index is 0.000215. The lowest BCUT2D eigenvalue weighted by Crippen LogP contribution is -2.36. The molecule has 1 aliphatic carbocycles. The molecule has 176 valence electrons. The van der Waals surface area contributed by atoms with E-state index < -0.39 is 5.97 Å². The van der Waals surface area contributed by atoms with Crippen molar-refractivity contribution in [3.63, 3.8) is 0 Å². The normalized spacial score (nSPS) is 13.8. The van der Waals surface area contributed by atoms with Crippen molar-refractivity contribution < 1.29 is 19.1 Å². The molecule has 3 rings (SSSR count). The van der Waals surface area contributed by atoms with Crippen LogP contribution >= 0.6 is 11.6 Å². The Morgan fingerprint density at radius 1 is 0.970 bits per heavy atom. The lowest BCUT2D eigenvalue weighted by Gasteiger charge is -2.23. The molecule has 1 saturated carbocycles. The quantitative estimate of drug-likeness (QED) is 0.364. The minimum atomic E-state index is -0.401. The molecule has 0 heterocycles. The highest BCUT2D eigenvalue weighted by Crippen LogP contribution is 2.23. The molecule has 0 radical (unpaired) electrons. The topological polar surface area (TPSA) is 84.5 Å². The van der Waals surface area contributed by atoms with E-state index in [4.69, 9.17) is 16.3 Å². The van der Waals surface area contributed by atoms with E-state index in [1.165, 1.54) is 12.0 Å². The fourth-order valence-electron chi connectivity index (χ4n) is 3.91. The summed E-state index contributed by atoms with van der Waals surface area (Å²) < 4.78 is 5.21. The summed E-state index contributed by atoms with van der Waals surface area (Å²) in [6.07, 6.45) is 6.96. The summed E-state index contributed by atoms with van der Waals surface area (Å²) in [5.74, 6) is -0.957. The second-order valence-electron chi connectivity index (χ2n) is 8.36. The summed E-state index contributed by atoms with van der Waals surface area (Å²) in [6.45, 7) is 0.325. The van der Waals surface area contributed by atoms with Gasteiger partial charge >= 0.3 is 5.97 Å². The number of ether oxygens (including phenoxy) is 1. The zero-order valence-corrected chi connectivity index (χ0v) is 19.5. The van der Waals surface area contributed by atoms with E-state index in [1.54, 1.807) is 18.2 Å². The van der Waals surface area contributed by atoms with Crippen LogP contribution in [-0.2, 0) is 20.7 Å². The molecule has 2 amide bonds. The molecule has 0 spiro atoms. The first-order chi connectivity index (χ1) is 16.0. The summed E-state index contributed by atoms with van der Waals surface area (Å²) in [4.78, 5) is 36.8. The lowest BCUT2D eigenvalue weighted by atomic mass is 9.95. The predicted octanol–water partition coefficient (Wildman–Crippen LogP) is 5.30. The molecule has 1 fully saturated rings. The number of esters is 1. The second kappa shape index (κ2) is 13.0. The van der Waals surface area contributed by atoms with Crippen LogP contribution in [0, 0.1) is 0 Å². The third-order valence-corrected chi connectivity index (χ3v) is 6.04. The van der Waals surface area contributed by atoms with E-state index in [0.29, 0.717) is 22.9 Å². The maximum Gasteiger partial charge on any atom is 0.306 e. The molecule has 0 aromatic heterocycles. The van der Waals surface area contributed by atoms with Gasteiger partial charge in [0.25, 0.3) is 5.91 Å². The first-order valence-electron chi connectivity index (χ1n) is 11.6. The minimum Gasteiger partial charge on any atom is -0.466 e. The summed E-state index contributed by atoms with van der Waals surface area (Å²) >= 11 is 6.21. The number of aryl methyl sites for hydroxylation is 1. The van der Waals surface area contributed by atoms with E-state index in [9.17, 15) is 14.4 Å². The number of benzene rings is 2. The molecular weight excluding hydrogens is 440 g/mol. The van der Waals surface area contributed by atoms with Gasteiger partial charge in [0.1, 0.15) is 0 Å². The van der Waals surface area contributed by atoms with Crippen molar-refractivity contribution in [3.8, 4) is 0 Å². The summed E-state index contributed by atoms with van der Waals surface area (Å²) in [6, 6.07) is 15.0. The van der Waals surface area contributed by atoms with Crippen LogP contribution in [0.5, 0.6) is 0 Å². The Morgan fingerprint density at radius 2 is 1.73 bits per heavy atom. The average Bonchev–Trinajstić information content (AvgIpc) is 2.83. The summed E-state index contributed by atoms with van der Waals surface area (Å²) in [5.41, 5.74) is 2.00. The number of hydrogen-bond acceptors (Lipinski definition) is 4. The fraction of sp³-hybridized carbons (Fsp3) is 0.423. The van der Waals surface area contributed by atoms with E-state index in [0.717, 1.165) is 38.5 Å². The monoisotopic (exact) mass is 470 g/mol. The molecule has 2 N–H and O–H groups in total. The Hall–Kier alpha value is -2.86. The van der Waals surface area contributed by atoms with Gasteiger partial charge in [-0.3, -0.25) is 14.4 Å². The molecule has 0 bridgehead atoms. The van der Waals surface area contributed by atoms with E-state index >= 15 is 0 Å². The summed E-state index contributed by atoms with van der Waals surface area (Å²) in [7, 11) is 0. The molecule has 6 nitrogen and oxygen atoms in total. The number of anilines is 1. The number of rotatable bonds is 10. The summed E-state index contributed by atoms with van der Waals surface area (Å²) in [5, 5.41) is 6.09. The molecule has 33 heavy (non-hydrogen) atoms. The molecular formula is C26H31ClN2O4. The van der Waals surface area contributed by atoms with Crippen molar-refractivity contribution in [2.45, 2.75) is 63.8 Å². The van der Waals surface area contributed by atoms with Crippen molar-refractivity contribution in [2.24, 2.45) is 0 Å². The first kappa shape index (κ1) is 24.8. The van der Waals surface area contributed by atoms with Gasteiger partial charge in [-0.2, -0.15) is 0 Å². The molecule has 2 aromatic carbocycles. The molecule has 0 unspecified atom stereocenters. The van der Waals surface area contributed by atoms with Crippen LogP contribution in [0.25, 0.3) is 0 Å². The Kier molecular flexibility index (Phi) is 9.76.